The Bertz CT molecular complexity index is 2080. The van der Waals surface area contributed by atoms with Gasteiger partial charge in [-0.1, -0.05) is 37.3 Å². The quantitative estimate of drug-likeness (QED) is 0.0815. The second-order valence-electron chi connectivity index (χ2n) is 12.2. The third-order valence-electron chi connectivity index (χ3n) is 8.44. The molecular weight excluding hydrogens is 642 g/mol. The molecule has 0 fully saturated rings. The van der Waals surface area contributed by atoms with Crippen molar-refractivity contribution in [3.8, 4) is 17.1 Å². The molecule has 0 aliphatic carbocycles. The molecule has 0 saturated heterocycles. The molecule has 0 aliphatic heterocycles. The fourth-order valence-corrected chi connectivity index (χ4v) is 5.96. The van der Waals surface area contributed by atoms with Crippen molar-refractivity contribution in [3.63, 3.8) is 0 Å². The number of H-pyrrole nitrogens is 1. The van der Waals surface area contributed by atoms with Crippen LogP contribution in [0, 0.1) is 0 Å². The number of fused-ring (bicyclic) bond motifs is 2. The lowest BCUT2D eigenvalue weighted by Gasteiger charge is -2.25. The molecule has 0 unspecified atom stereocenters. The number of anilines is 4. The van der Waals surface area contributed by atoms with Crippen LogP contribution in [0.3, 0.4) is 0 Å². The molecule has 0 saturated carbocycles. The topological polar surface area (TPSA) is 127 Å². The van der Waals surface area contributed by atoms with E-state index in [0.29, 0.717) is 62.3 Å². The highest BCUT2D eigenvalue weighted by atomic mass is 16.7. The number of aromatic nitrogens is 4. The molecule has 6 rings (SSSR count). The van der Waals surface area contributed by atoms with Crippen LogP contribution in [0.2, 0.25) is 0 Å². The Morgan fingerprint density at radius 2 is 1.75 bits per heavy atom. The third-order valence-corrected chi connectivity index (χ3v) is 8.44. The van der Waals surface area contributed by atoms with Crippen LogP contribution in [0.15, 0.2) is 91.1 Å². The maximum Gasteiger partial charge on any atom is 0.224 e. The first-order chi connectivity index (χ1) is 24.9. The molecule has 11 nitrogen and oxygen atoms in total. The van der Waals surface area contributed by atoms with Crippen LogP contribution in [0.4, 0.5) is 22.9 Å². The van der Waals surface area contributed by atoms with Crippen molar-refractivity contribution in [1.29, 1.82) is 0 Å². The Morgan fingerprint density at radius 1 is 0.902 bits per heavy atom. The molecule has 1 amide bonds. The first-order valence-electron chi connectivity index (χ1n) is 17.5. The molecule has 6 aromatic rings. The second-order valence-corrected chi connectivity index (χ2v) is 12.2. The number of aromatic amines is 1. The van der Waals surface area contributed by atoms with Crippen molar-refractivity contribution in [3.05, 3.63) is 96.7 Å². The van der Waals surface area contributed by atoms with E-state index in [-0.39, 0.29) is 12.2 Å². The van der Waals surface area contributed by atoms with E-state index in [2.05, 4.69) is 44.9 Å². The van der Waals surface area contributed by atoms with Gasteiger partial charge in [-0.25, -0.2) is 9.97 Å². The van der Waals surface area contributed by atoms with Gasteiger partial charge in [0.25, 0.3) is 0 Å². The highest BCUT2D eigenvalue weighted by Crippen LogP contribution is 2.32. The summed E-state index contributed by atoms with van der Waals surface area (Å²) in [6, 6.07) is 27.8. The van der Waals surface area contributed by atoms with Gasteiger partial charge in [0.15, 0.2) is 12.1 Å². The monoisotopic (exact) mass is 687 g/mol. The Labute approximate surface area is 298 Å². The van der Waals surface area contributed by atoms with Gasteiger partial charge in [-0.15, -0.1) is 0 Å². The molecule has 0 radical (unpaired) electrons. The summed E-state index contributed by atoms with van der Waals surface area (Å²) in [6.45, 7) is 8.26. The summed E-state index contributed by atoms with van der Waals surface area (Å²) in [4.78, 5) is 24.4. The van der Waals surface area contributed by atoms with Crippen molar-refractivity contribution < 1.29 is 19.0 Å². The lowest BCUT2D eigenvalue weighted by molar-refractivity contribution is -0.134. The number of hydrogen-bond acceptors (Lipinski definition) is 9. The molecule has 0 bridgehead atoms. The number of rotatable bonds is 17. The number of carbonyl (C=O) groups is 1. The Kier molecular flexibility index (Phi) is 11.7. The van der Waals surface area contributed by atoms with Gasteiger partial charge in [-0.3, -0.25) is 9.89 Å². The first kappa shape index (κ1) is 35.3. The molecule has 0 spiro atoms. The number of nitrogens with one attached hydrogen (secondary N) is 3. The average molecular weight is 688 g/mol. The molecule has 2 aromatic heterocycles. The van der Waals surface area contributed by atoms with E-state index in [1.54, 1.807) is 6.20 Å². The molecule has 51 heavy (non-hydrogen) atoms. The highest BCUT2D eigenvalue weighted by Gasteiger charge is 2.16. The van der Waals surface area contributed by atoms with Crippen molar-refractivity contribution in [2.45, 2.75) is 46.3 Å². The summed E-state index contributed by atoms with van der Waals surface area (Å²) in [6.07, 6.45) is 3.41. The van der Waals surface area contributed by atoms with Crippen LogP contribution in [0.1, 0.15) is 39.2 Å². The van der Waals surface area contributed by atoms with E-state index in [9.17, 15) is 4.79 Å². The zero-order valence-corrected chi connectivity index (χ0v) is 29.6. The first-order valence-corrected chi connectivity index (χ1v) is 17.5. The SMILES string of the molecule is CCCC(=O)Nc1cccc(-c2nc(Nc3ccc4[nH]ncc4c3)c3cc(OCCN(C)c4ccccc4CC(OCC)OCC)ccc3n2)c1. The van der Waals surface area contributed by atoms with Crippen LogP contribution in [0.25, 0.3) is 33.2 Å². The van der Waals surface area contributed by atoms with Crippen LogP contribution in [0.5, 0.6) is 5.75 Å². The summed E-state index contributed by atoms with van der Waals surface area (Å²) >= 11 is 0. The molecule has 2 heterocycles. The largest absolute Gasteiger partial charge is 0.492 e. The highest BCUT2D eigenvalue weighted by molar-refractivity contribution is 5.95. The molecule has 3 N–H and O–H groups in total. The summed E-state index contributed by atoms with van der Waals surface area (Å²) in [5, 5.41) is 15.4. The number of benzene rings is 4. The summed E-state index contributed by atoms with van der Waals surface area (Å²) in [5.74, 6) is 1.85. The average Bonchev–Trinajstić information content (AvgIpc) is 3.60. The smallest absolute Gasteiger partial charge is 0.224 e. The zero-order chi connectivity index (χ0) is 35.6. The van der Waals surface area contributed by atoms with E-state index in [1.807, 2.05) is 93.6 Å². The predicted molar refractivity (Wildman–Crippen MR) is 204 cm³/mol. The predicted octanol–water partition coefficient (Wildman–Crippen LogP) is 8.11. The van der Waals surface area contributed by atoms with E-state index in [4.69, 9.17) is 24.2 Å². The number of carbonyl (C=O) groups excluding carboxylic acids is 1. The Morgan fingerprint density at radius 3 is 2.57 bits per heavy atom. The molecule has 4 aromatic carbocycles. The standard InChI is InChI=1S/C40H45N7O4/c1-5-11-37(48)42-30-14-10-13-28(22-30)39-44-35-19-17-32(25-33(35)40(45-39)43-31-16-18-34-29(23-31)26-41-46-34)51-21-20-47(4)36-15-9-8-12-27(36)24-38(49-6-2)50-7-3/h8-10,12-19,22-23,25-26,38H,5-7,11,20-21,24H2,1-4H3,(H,41,46)(H,42,48)(H,43,44,45). The summed E-state index contributed by atoms with van der Waals surface area (Å²) in [5.41, 5.74) is 6.32. The Hall–Kier alpha value is -5.52. The van der Waals surface area contributed by atoms with Crippen LogP contribution < -0.4 is 20.3 Å². The van der Waals surface area contributed by atoms with E-state index in [1.165, 1.54) is 0 Å². The zero-order valence-electron chi connectivity index (χ0n) is 29.6. The lowest BCUT2D eigenvalue weighted by Crippen LogP contribution is -2.26. The lowest BCUT2D eigenvalue weighted by atomic mass is 10.1. The fraction of sp³-hybridized carbons (Fsp3) is 0.300. The molecule has 0 aliphatic rings. The fourth-order valence-electron chi connectivity index (χ4n) is 5.96. The van der Waals surface area contributed by atoms with Crippen LogP contribution in [-0.2, 0) is 20.7 Å². The van der Waals surface area contributed by atoms with E-state index in [0.717, 1.165) is 50.7 Å². The minimum Gasteiger partial charge on any atom is -0.492 e. The molecule has 0 atom stereocenters. The number of para-hydroxylation sites is 1. The third kappa shape index (κ3) is 8.99. The minimum absolute atomic E-state index is 0.0224. The summed E-state index contributed by atoms with van der Waals surface area (Å²) < 4.78 is 18.0. The van der Waals surface area contributed by atoms with Crippen molar-refractivity contribution in [2.75, 3.05) is 48.9 Å². The second kappa shape index (κ2) is 16.9. The van der Waals surface area contributed by atoms with Crippen LogP contribution in [-0.4, -0.2) is 65.8 Å². The van der Waals surface area contributed by atoms with Gasteiger partial charge in [-0.05, 0) is 80.4 Å². The normalized spacial score (nSPS) is 11.3. The number of ether oxygens (including phenoxy) is 3. The maximum atomic E-state index is 12.3. The van der Waals surface area contributed by atoms with Crippen molar-refractivity contribution in [1.82, 2.24) is 20.2 Å². The van der Waals surface area contributed by atoms with Crippen molar-refractivity contribution in [2.24, 2.45) is 0 Å². The van der Waals surface area contributed by atoms with Gasteiger partial charge in [0.2, 0.25) is 5.91 Å². The van der Waals surface area contributed by atoms with Crippen LogP contribution >= 0.6 is 0 Å². The van der Waals surface area contributed by atoms with Gasteiger partial charge in [-0.2, -0.15) is 5.10 Å². The maximum absolute atomic E-state index is 12.3. The van der Waals surface area contributed by atoms with E-state index >= 15 is 0 Å². The number of amides is 1. The number of hydrogen-bond donors (Lipinski definition) is 3. The van der Waals surface area contributed by atoms with Crippen molar-refractivity contribution >= 4 is 50.6 Å². The molecule has 11 heteroatoms. The summed E-state index contributed by atoms with van der Waals surface area (Å²) in [7, 11) is 2.07. The number of likely N-dealkylation sites (N-methyl/N-ethyl adjacent to an activating group) is 1. The van der Waals surface area contributed by atoms with Gasteiger partial charge in [0.05, 0.1) is 23.8 Å². The van der Waals surface area contributed by atoms with Gasteiger partial charge in [0.1, 0.15) is 18.2 Å². The Balaban J connectivity index is 1.24. The van der Waals surface area contributed by atoms with Gasteiger partial charge < -0.3 is 29.7 Å². The van der Waals surface area contributed by atoms with Gasteiger partial charge in [0, 0.05) is 66.5 Å². The van der Waals surface area contributed by atoms with Gasteiger partial charge >= 0.3 is 0 Å². The minimum atomic E-state index is -0.286. The molecular formula is C40H45N7O4. The number of nitrogens with zero attached hydrogens (tertiary/aromatic N) is 4. The van der Waals surface area contributed by atoms with E-state index < -0.39 is 0 Å². The molecule has 264 valence electrons.